The van der Waals surface area contributed by atoms with E-state index in [1.54, 1.807) is 22.3 Å². The van der Waals surface area contributed by atoms with Crippen LogP contribution in [0.4, 0.5) is 10.1 Å². The lowest BCUT2D eigenvalue weighted by Gasteiger charge is -2.08. The first-order chi connectivity index (χ1) is 11.9. The summed E-state index contributed by atoms with van der Waals surface area (Å²) in [4.78, 5) is 0. The zero-order chi connectivity index (χ0) is 18.0. The van der Waals surface area contributed by atoms with Gasteiger partial charge in [-0.2, -0.15) is 5.10 Å². The van der Waals surface area contributed by atoms with Crippen molar-refractivity contribution in [2.75, 3.05) is 11.8 Å². The molecule has 9 heteroatoms. The van der Waals surface area contributed by atoms with Gasteiger partial charge in [-0.1, -0.05) is 0 Å². The fraction of sp³-hybridized carbons (Fsp3) is 0.188. The fourth-order valence-electron chi connectivity index (χ4n) is 2.36. The van der Waals surface area contributed by atoms with Gasteiger partial charge >= 0.3 is 0 Å². The smallest absolute Gasteiger partial charge is 0.271 e. The van der Waals surface area contributed by atoms with Crippen LogP contribution in [-0.4, -0.2) is 25.3 Å². The fourth-order valence-corrected chi connectivity index (χ4v) is 4.58. The van der Waals surface area contributed by atoms with Crippen molar-refractivity contribution >= 4 is 27.0 Å². The van der Waals surface area contributed by atoms with E-state index in [0.29, 0.717) is 6.54 Å². The third kappa shape index (κ3) is 3.52. The van der Waals surface area contributed by atoms with Gasteiger partial charge in [0.25, 0.3) is 10.0 Å². The Balaban J connectivity index is 1.87. The molecule has 0 radical (unpaired) electrons. The highest BCUT2D eigenvalue weighted by atomic mass is 32.2. The van der Waals surface area contributed by atoms with Crippen LogP contribution in [0.2, 0.25) is 0 Å². The number of hydrogen-bond acceptors (Lipinski definition) is 5. The van der Waals surface area contributed by atoms with Gasteiger partial charge < -0.3 is 4.74 Å². The highest BCUT2D eigenvalue weighted by molar-refractivity contribution is 7.94. The lowest BCUT2D eigenvalue weighted by atomic mass is 10.2. The molecule has 0 unspecified atom stereocenters. The molecule has 0 fully saturated rings. The number of hydrogen-bond donors (Lipinski definition) is 1. The van der Waals surface area contributed by atoms with Crippen molar-refractivity contribution < 1.29 is 17.5 Å². The van der Waals surface area contributed by atoms with Crippen LogP contribution in [0.1, 0.15) is 6.92 Å². The Labute approximate surface area is 148 Å². The van der Waals surface area contributed by atoms with Gasteiger partial charge in [-0.05, 0) is 31.2 Å². The van der Waals surface area contributed by atoms with E-state index in [0.717, 1.165) is 28.7 Å². The number of anilines is 1. The number of sulfonamides is 1. The maximum Gasteiger partial charge on any atom is 0.271 e. The molecule has 0 aliphatic heterocycles. The first kappa shape index (κ1) is 17.4. The molecule has 2 heterocycles. The topological polar surface area (TPSA) is 73.2 Å². The molecule has 132 valence electrons. The minimum atomic E-state index is -3.81. The molecule has 0 aliphatic carbocycles. The van der Waals surface area contributed by atoms with Gasteiger partial charge in [-0.25, -0.2) is 12.8 Å². The Bertz CT molecular complexity index is 996. The molecule has 0 amide bonds. The highest BCUT2D eigenvalue weighted by Gasteiger charge is 2.19. The Morgan fingerprint density at radius 3 is 2.80 bits per heavy atom. The lowest BCUT2D eigenvalue weighted by Crippen LogP contribution is -2.11. The molecular formula is C16H16FN3O3S2. The molecule has 0 aliphatic rings. The van der Waals surface area contributed by atoms with Gasteiger partial charge in [0.15, 0.2) is 11.6 Å². The second-order valence-electron chi connectivity index (χ2n) is 5.14. The number of aryl methyl sites for hydroxylation is 1. The van der Waals surface area contributed by atoms with Crippen LogP contribution in [0, 0.1) is 5.82 Å². The van der Waals surface area contributed by atoms with Gasteiger partial charge in [0, 0.05) is 29.8 Å². The summed E-state index contributed by atoms with van der Waals surface area (Å²) in [7, 11) is -2.46. The van der Waals surface area contributed by atoms with E-state index < -0.39 is 15.8 Å². The average molecular weight is 381 g/mol. The van der Waals surface area contributed by atoms with Crippen LogP contribution >= 0.6 is 11.3 Å². The van der Waals surface area contributed by atoms with Gasteiger partial charge in [-0.15, -0.1) is 11.3 Å². The van der Waals surface area contributed by atoms with Crippen LogP contribution in [0.15, 0.2) is 46.1 Å². The summed E-state index contributed by atoms with van der Waals surface area (Å²) in [5, 5.41) is 5.94. The predicted octanol–water partition coefficient (Wildman–Crippen LogP) is 3.58. The third-order valence-corrected chi connectivity index (χ3v) is 6.38. The zero-order valence-corrected chi connectivity index (χ0v) is 15.2. The number of methoxy groups -OCH3 is 1. The molecule has 6 nitrogen and oxygen atoms in total. The average Bonchev–Trinajstić information content (AvgIpc) is 3.23. The SMILES string of the molecule is CCn1nccc1-c1csc(S(=O)(=O)Nc2ccc(OC)c(F)c2)c1. The van der Waals surface area contributed by atoms with Crippen LogP contribution in [0.3, 0.4) is 0 Å². The van der Waals surface area contributed by atoms with Gasteiger partial charge in [0.1, 0.15) is 4.21 Å². The summed E-state index contributed by atoms with van der Waals surface area (Å²) in [6, 6.07) is 7.30. The quantitative estimate of drug-likeness (QED) is 0.708. The van der Waals surface area contributed by atoms with Crippen LogP contribution in [0.5, 0.6) is 5.75 Å². The van der Waals surface area contributed by atoms with Crippen molar-refractivity contribution in [3.63, 3.8) is 0 Å². The maximum atomic E-state index is 13.7. The second kappa shape index (κ2) is 6.85. The van der Waals surface area contributed by atoms with E-state index in [9.17, 15) is 12.8 Å². The van der Waals surface area contributed by atoms with Gasteiger partial charge in [0.2, 0.25) is 0 Å². The summed E-state index contributed by atoms with van der Waals surface area (Å²) >= 11 is 1.10. The molecule has 0 saturated heterocycles. The summed E-state index contributed by atoms with van der Waals surface area (Å²) in [6.45, 7) is 2.64. The minimum Gasteiger partial charge on any atom is -0.494 e. The first-order valence-electron chi connectivity index (χ1n) is 7.41. The molecule has 0 bridgehead atoms. The summed E-state index contributed by atoms with van der Waals surface area (Å²) in [6.07, 6.45) is 1.67. The van der Waals surface area contributed by atoms with E-state index in [-0.39, 0.29) is 15.6 Å². The molecule has 1 N–H and O–H groups in total. The number of nitrogens with one attached hydrogen (secondary N) is 1. The number of nitrogens with zero attached hydrogens (tertiary/aromatic N) is 2. The molecule has 3 aromatic rings. The van der Waals surface area contributed by atoms with Crippen molar-refractivity contribution in [1.82, 2.24) is 9.78 Å². The molecular weight excluding hydrogens is 365 g/mol. The number of aromatic nitrogens is 2. The lowest BCUT2D eigenvalue weighted by molar-refractivity contribution is 0.386. The number of thiophene rings is 1. The molecule has 3 rings (SSSR count). The Kier molecular flexibility index (Phi) is 4.78. The number of rotatable bonds is 6. The summed E-state index contributed by atoms with van der Waals surface area (Å²) in [5.41, 5.74) is 1.74. The van der Waals surface area contributed by atoms with Crippen LogP contribution < -0.4 is 9.46 Å². The number of ether oxygens (including phenoxy) is 1. The van der Waals surface area contributed by atoms with E-state index in [2.05, 4.69) is 9.82 Å². The van der Waals surface area contributed by atoms with E-state index >= 15 is 0 Å². The van der Waals surface area contributed by atoms with Crippen LogP contribution in [0.25, 0.3) is 11.3 Å². The summed E-state index contributed by atoms with van der Waals surface area (Å²) < 4.78 is 47.9. The number of halogens is 1. The standard InChI is InChI=1S/C16H16FN3O3S2/c1-3-20-14(6-7-18-20)11-8-16(24-10-11)25(21,22)19-12-4-5-15(23-2)13(17)9-12/h4-10,19H,3H2,1-2H3. The second-order valence-corrected chi connectivity index (χ2v) is 7.96. The van der Waals surface area contributed by atoms with Crippen molar-refractivity contribution in [3.8, 4) is 17.0 Å². The molecule has 0 atom stereocenters. The van der Waals surface area contributed by atoms with E-state index in [1.165, 1.54) is 19.2 Å². The molecule has 1 aromatic carbocycles. The van der Waals surface area contributed by atoms with Crippen molar-refractivity contribution in [3.05, 3.63) is 47.7 Å². The van der Waals surface area contributed by atoms with E-state index in [1.807, 2.05) is 13.0 Å². The van der Waals surface area contributed by atoms with Gasteiger partial charge in [0.05, 0.1) is 18.5 Å². The largest absolute Gasteiger partial charge is 0.494 e. The normalized spacial score (nSPS) is 11.5. The summed E-state index contributed by atoms with van der Waals surface area (Å²) in [5.74, 6) is -0.587. The third-order valence-electron chi connectivity index (χ3n) is 3.56. The molecule has 0 saturated carbocycles. The first-order valence-corrected chi connectivity index (χ1v) is 9.78. The Morgan fingerprint density at radius 1 is 1.32 bits per heavy atom. The van der Waals surface area contributed by atoms with Crippen LogP contribution in [-0.2, 0) is 16.6 Å². The molecule has 25 heavy (non-hydrogen) atoms. The zero-order valence-electron chi connectivity index (χ0n) is 13.6. The highest BCUT2D eigenvalue weighted by Crippen LogP contribution is 2.30. The number of benzene rings is 1. The van der Waals surface area contributed by atoms with Gasteiger partial charge in [-0.3, -0.25) is 9.40 Å². The molecule has 0 spiro atoms. The Morgan fingerprint density at radius 2 is 2.12 bits per heavy atom. The van der Waals surface area contributed by atoms with E-state index in [4.69, 9.17) is 4.74 Å². The van der Waals surface area contributed by atoms with Crippen molar-refractivity contribution in [2.45, 2.75) is 17.7 Å². The molecule has 2 aromatic heterocycles. The maximum absolute atomic E-state index is 13.7. The van der Waals surface area contributed by atoms with Crippen molar-refractivity contribution in [1.29, 1.82) is 0 Å². The Hall–Kier alpha value is -2.39. The minimum absolute atomic E-state index is 0.0502. The monoisotopic (exact) mass is 381 g/mol. The predicted molar refractivity (Wildman–Crippen MR) is 95.0 cm³/mol. The van der Waals surface area contributed by atoms with Crippen molar-refractivity contribution in [2.24, 2.45) is 0 Å².